The molecule has 4 rings (SSSR count). The summed E-state index contributed by atoms with van der Waals surface area (Å²) in [5.41, 5.74) is 2.16. The van der Waals surface area contributed by atoms with E-state index in [0.717, 1.165) is 11.1 Å². The highest BCUT2D eigenvalue weighted by molar-refractivity contribution is 5.95. The van der Waals surface area contributed by atoms with E-state index in [4.69, 9.17) is 0 Å². The molecule has 2 amide bonds. The molecule has 0 fully saturated rings. The van der Waals surface area contributed by atoms with Crippen molar-refractivity contribution in [3.05, 3.63) is 140 Å². The Morgan fingerprint density at radius 2 is 0.949 bits per heavy atom. The molecule has 0 heterocycles. The van der Waals surface area contributed by atoms with Gasteiger partial charge >= 0.3 is 0 Å². The van der Waals surface area contributed by atoms with Crippen molar-refractivity contribution in [3.63, 3.8) is 0 Å². The summed E-state index contributed by atoms with van der Waals surface area (Å²) in [6.45, 7) is 0. The van der Waals surface area contributed by atoms with Gasteiger partial charge in [-0.1, -0.05) is 72.8 Å². The van der Waals surface area contributed by atoms with Crippen LogP contribution in [0.1, 0.15) is 22.3 Å². The third-order valence-corrected chi connectivity index (χ3v) is 5.89. The molecule has 0 aromatic heterocycles. The van der Waals surface area contributed by atoms with Crippen LogP contribution in [0.25, 0.3) is 0 Å². The number of carbonyl (C=O) groups is 2. The summed E-state index contributed by atoms with van der Waals surface area (Å²) < 4.78 is 0. The minimum Gasteiger partial charge on any atom is -0.320 e. The number of nitro benzene ring substituents is 2. The summed E-state index contributed by atoms with van der Waals surface area (Å²) in [7, 11) is 0. The lowest BCUT2D eigenvalue weighted by Gasteiger charge is -2.10. The number of rotatable bonds is 10. The first-order chi connectivity index (χ1) is 18.8. The first-order valence-corrected chi connectivity index (χ1v) is 12.0. The molecular formula is C29H24N4O6. The summed E-state index contributed by atoms with van der Waals surface area (Å²) in [6.07, 6.45) is 0.299. The lowest BCUT2D eigenvalue weighted by atomic mass is 10.0. The van der Waals surface area contributed by atoms with Crippen LogP contribution < -0.4 is 10.6 Å². The highest BCUT2D eigenvalue weighted by Gasteiger charge is 2.20. The minimum atomic E-state index is -0.588. The molecule has 0 bridgehead atoms. The van der Waals surface area contributed by atoms with Crippen LogP contribution in [0.15, 0.2) is 97.1 Å². The van der Waals surface area contributed by atoms with E-state index in [1.54, 1.807) is 60.7 Å². The van der Waals surface area contributed by atoms with Gasteiger partial charge in [0, 0.05) is 12.1 Å². The number of hydrogen-bond acceptors (Lipinski definition) is 6. The maximum absolute atomic E-state index is 12.4. The zero-order valence-electron chi connectivity index (χ0n) is 20.7. The van der Waals surface area contributed by atoms with Crippen LogP contribution in [0.3, 0.4) is 0 Å². The highest BCUT2D eigenvalue weighted by atomic mass is 16.6. The Labute approximate surface area is 223 Å². The van der Waals surface area contributed by atoms with E-state index >= 15 is 0 Å². The maximum Gasteiger partial charge on any atom is 0.293 e. The molecule has 0 spiro atoms. The van der Waals surface area contributed by atoms with Gasteiger partial charge < -0.3 is 10.6 Å². The molecule has 0 atom stereocenters. The van der Waals surface area contributed by atoms with Gasteiger partial charge in [-0.15, -0.1) is 0 Å². The molecule has 4 aromatic carbocycles. The molecule has 0 radical (unpaired) electrons. The van der Waals surface area contributed by atoms with Crippen LogP contribution in [-0.2, 0) is 28.9 Å². The number of nitro groups is 2. The molecule has 0 saturated carbocycles. The van der Waals surface area contributed by atoms with Crippen LogP contribution in [-0.4, -0.2) is 21.7 Å². The molecular weight excluding hydrogens is 500 g/mol. The summed E-state index contributed by atoms with van der Waals surface area (Å²) in [4.78, 5) is 47.1. The zero-order valence-corrected chi connectivity index (χ0v) is 20.7. The number of amides is 2. The Kier molecular flexibility index (Phi) is 8.37. The van der Waals surface area contributed by atoms with Gasteiger partial charge in [-0.2, -0.15) is 0 Å². The Bertz CT molecular complexity index is 1410. The van der Waals surface area contributed by atoms with Gasteiger partial charge in [0.25, 0.3) is 11.4 Å². The van der Waals surface area contributed by atoms with Crippen molar-refractivity contribution >= 4 is 34.6 Å². The average molecular weight is 525 g/mol. The molecule has 4 aromatic rings. The Balaban J connectivity index is 1.48. The van der Waals surface area contributed by atoms with E-state index in [1.165, 1.54) is 24.3 Å². The van der Waals surface area contributed by atoms with Gasteiger partial charge in [-0.3, -0.25) is 29.8 Å². The second kappa shape index (κ2) is 12.2. The lowest BCUT2D eigenvalue weighted by molar-refractivity contribution is -0.384. The molecule has 10 heteroatoms. The van der Waals surface area contributed by atoms with Crippen molar-refractivity contribution in [2.75, 3.05) is 10.6 Å². The SMILES string of the molecule is O=C(Cc1ccccc1)Nc1ccc(Cc2ccc(NC(=O)Cc3ccccc3)c([N+](=O)[O-])c2)cc1[N+](=O)[O-]. The molecule has 10 nitrogen and oxygen atoms in total. The predicted octanol–water partition coefficient (Wildman–Crippen LogP) is 5.46. The first kappa shape index (κ1) is 26.7. The summed E-state index contributed by atoms with van der Waals surface area (Å²) in [5.74, 6) is -0.782. The molecule has 0 saturated heterocycles. The van der Waals surface area contributed by atoms with Crippen LogP contribution in [0.5, 0.6) is 0 Å². The third kappa shape index (κ3) is 7.32. The molecule has 2 N–H and O–H groups in total. The van der Waals surface area contributed by atoms with E-state index < -0.39 is 21.7 Å². The Morgan fingerprint density at radius 1 is 0.564 bits per heavy atom. The summed E-state index contributed by atoms with van der Waals surface area (Å²) in [5, 5.41) is 28.6. The molecule has 0 aliphatic heterocycles. The molecule has 39 heavy (non-hydrogen) atoms. The lowest BCUT2D eigenvalue weighted by Crippen LogP contribution is -2.15. The van der Waals surface area contributed by atoms with Gasteiger partial charge in [-0.05, 0) is 40.8 Å². The fourth-order valence-electron chi connectivity index (χ4n) is 4.07. The number of hydrogen-bond donors (Lipinski definition) is 2. The van der Waals surface area contributed by atoms with E-state index in [2.05, 4.69) is 10.6 Å². The van der Waals surface area contributed by atoms with Crippen LogP contribution in [0.2, 0.25) is 0 Å². The van der Waals surface area contributed by atoms with Crippen molar-refractivity contribution in [1.29, 1.82) is 0 Å². The predicted molar refractivity (Wildman–Crippen MR) is 147 cm³/mol. The van der Waals surface area contributed by atoms with E-state index in [1.807, 2.05) is 12.1 Å². The monoisotopic (exact) mass is 524 g/mol. The highest BCUT2D eigenvalue weighted by Crippen LogP contribution is 2.30. The molecule has 196 valence electrons. The van der Waals surface area contributed by atoms with Gasteiger partial charge in [-0.25, -0.2) is 0 Å². The fourth-order valence-corrected chi connectivity index (χ4v) is 4.07. The fraction of sp³-hybridized carbons (Fsp3) is 0.103. The molecule has 0 aliphatic rings. The van der Waals surface area contributed by atoms with Crippen molar-refractivity contribution in [2.45, 2.75) is 19.3 Å². The second-order valence-corrected chi connectivity index (χ2v) is 8.82. The van der Waals surface area contributed by atoms with Gasteiger partial charge in [0.15, 0.2) is 0 Å². The summed E-state index contributed by atoms with van der Waals surface area (Å²) in [6, 6.07) is 26.8. The number of carbonyl (C=O) groups excluding carboxylic acids is 2. The normalized spacial score (nSPS) is 10.5. The molecule has 0 aliphatic carbocycles. The average Bonchev–Trinajstić information content (AvgIpc) is 2.91. The topological polar surface area (TPSA) is 144 Å². The van der Waals surface area contributed by atoms with Gasteiger partial charge in [0.2, 0.25) is 11.8 Å². The standard InChI is InChI=1S/C29H24N4O6/c34-28(18-20-7-3-1-4-8-20)30-24-13-11-22(16-26(24)32(36)37)15-23-12-14-25(27(17-23)33(38)39)31-29(35)19-21-9-5-2-6-10-21/h1-14,16-17H,15,18-19H2,(H,30,34)(H,31,35). The van der Waals surface area contributed by atoms with E-state index in [-0.39, 0.29) is 42.0 Å². The number of nitrogens with one attached hydrogen (secondary N) is 2. The molecule has 0 unspecified atom stereocenters. The largest absolute Gasteiger partial charge is 0.320 e. The Morgan fingerprint density at radius 3 is 1.31 bits per heavy atom. The van der Waals surface area contributed by atoms with Crippen LogP contribution in [0.4, 0.5) is 22.7 Å². The van der Waals surface area contributed by atoms with Crippen LogP contribution >= 0.6 is 0 Å². The zero-order chi connectivity index (χ0) is 27.8. The van der Waals surface area contributed by atoms with Gasteiger partial charge in [0.1, 0.15) is 11.4 Å². The number of anilines is 2. The van der Waals surface area contributed by atoms with E-state index in [9.17, 15) is 29.8 Å². The summed E-state index contributed by atoms with van der Waals surface area (Å²) >= 11 is 0. The third-order valence-electron chi connectivity index (χ3n) is 5.89. The number of nitrogens with zero attached hydrogens (tertiary/aromatic N) is 2. The second-order valence-electron chi connectivity index (χ2n) is 8.82. The maximum atomic E-state index is 12.4. The van der Waals surface area contributed by atoms with Crippen molar-refractivity contribution < 1.29 is 19.4 Å². The van der Waals surface area contributed by atoms with Crippen molar-refractivity contribution in [2.24, 2.45) is 0 Å². The quantitative estimate of drug-likeness (QED) is 0.208. The van der Waals surface area contributed by atoms with Crippen molar-refractivity contribution in [1.82, 2.24) is 0 Å². The Hall–Kier alpha value is -5.38. The minimum absolute atomic E-state index is 0.0622. The van der Waals surface area contributed by atoms with Gasteiger partial charge in [0.05, 0.1) is 22.7 Å². The number of benzene rings is 4. The van der Waals surface area contributed by atoms with Crippen LogP contribution in [0, 0.1) is 20.2 Å². The van der Waals surface area contributed by atoms with Crippen molar-refractivity contribution in [3.8, 4) is 0 Å². The smallest absolute Gasteiger partial charge is 0.293 e. The first-order valence-electron chi connectivity index (χ1n) is 12.0. The van der Waals surface area contributed by atoms with E-state index in [0.29, 0.717) is 11.1 Å².